The third-order valence-corrected chi connectivity index (χ3v) is 4.10. The van der Waals surface area contributed by atoms with Gasteiger partial charge in [0.05, 0.1) is 18.2 Å². The van der Waals surface area contributed by atoms with E-state index in [1.165, 1.54) is 0 Å². The molecule has 0 aromatic heterocycles. The summed E-state index contributed by atoms with van der Waals surface area (Å²) in [6.07, 6.45) is 3.74. The topological polar surface area (TPSA) is 61.4 Å². The summed E-state index contributed by atoms with van der Waals surface area (Å²) in [5, 5.41) is 15.8. The van der Waals surface area contributed by atoms with Gasteiger partial charge in [0.15, 0.2) is 0 Å². The fourth-order valence-electron chi connectivity index (χ4n) is 2.43. The van der Waals surface area contributed by atoms with Gasteiger partial charge in [-0.3, -0.25) is 4.79 Å². The van der Waals surface area contributed by atoms with Gasteiger partial charge in [-0.15, -0.1) is 0 Å². The lowest BCUT2D eigenvalue weighted by Gasteiger charge is -2.35. The Morgan fingerprint density at radius 2 is 2.12 bits per heavy atom. The first-order chi connectivity index (χ1) is 8.08. The van der Waals surface area contributed by atoms with Crippen molar-refractivity contribution < 1.29 is 9.90 Å². The lowest BCUT2D eigenvalue weighted by Crippen LogP contribution is -2.58. The lowest BCUT2D eigenvalue weighted by molar-refractivity contribution is -0.127. The second-order valence-corrected chi connectivity index (χ2v) is 5.19. The van der Waals surface area contributed by atoms with Crippen LogP contribution in [0.3, 0.4) is 0 Å². The summed E-state index contributed by atoms with van der Waals surface area (Å²) in [7, 11) is 0. The van der Waals surface area contributed by atoms with E-state index in [-0.39, 0.29) is 18.6 Å². The van der Waals surface area contributed by atoms with Gasteiger partial charge in [-0.05, 0) is 38.1 Å². The Morgan fingerprint density at radius 1 is 1.47 bits per heavy atom. The van der Waals surface area contributed by atoms with Crippen LogP contribution in [-0.4, -0.2) is 35.7 Å². The molecule has 0 bridgehead atoms. The SMILES string of the molecule is CCC(CC)(CO)NC(=O)C1NCCCC1C. The summed E-state index contributed by atoms with van der Waals surface area (Å²) < 4.78 is 0. The first-order valence-electron chi connectivity index (χ1n) is 6.75. The van der Waals surface area contributed by atoms with Gasteiger partial charge in [0.25, 0.3) is 0 Å². The van der Waals surface area contributed by atoms with E-state index in [1.54, 1.807) is 0 Å². The number of amides is 1. The van der Waals surface area contributed by atoms with Gasteiger partial charge in [0.1, 0.15) is 0 Å². The van der Waals surface area contributed by atoms with E-state index >= 15 is 0 Å². The number of carbonyl (C=O) groups is 1. The second-order valence-electron chi connectivity index (χ2n) is 5.19. The molecule has 100 valence electrons. The molecular weight excluding hydrogens is 216 g/mol. The van der Waals surface area contributed by atoms with E-state index in [0.29, 0.717) is 5.92 Å². The monoisotopic (exact) mass is 242 g/mol. The molecule has 0 aromatic carbocycles. The molecule has 1 saturated heterocycles. The normalized spacial score (nSPS) is 25.6. The van der Waals surface area contributed by atoms with E-state index in [0.717, 1.165) is 32.2 Å². The third kappa shape index (κ3) is 3.42. The highest BCUT2D eigenvalue weighted by Crippen LogP contribution is 2.19. The average molecular weight is 242 g/mol. The minimum absolute atomic E-state index is 0.00679. The van der Waals surface area contributed by atoms with E-state index in [9.17, 15) is 9.90 Å². The number of rotatable bonds is 5. The minimum atomic E-state index is -0.448. The van der Waals surface area contributed by atoms with Gasteiger partial charge in [0.2, 0.25) is 5.91 Å². The zero-order valence-electron chi connectivity index (χ0n) is 11.3. The summed E-state index contributed by atoms with van der Waals surface area (Å²) in [6.45, 7) is 7.02. The fourth-order valence-corrected chi connectivity index (χ4v) is 2.43. The predicted molar refractivity (Wildman–Crippen MR) is 68.7 cm³/mol. The highest BCUT2D eigenvalue weighted by molar-refractivity contribution is 5.83. The van der Waals surface area contributed by atoms with Crippen LogP contribution in [0.2, 0.25) is 0 Å². The molecule has 0 aromatic rings. The number of aliphatic hydroxyl groups is 1. The molecule has 17 heavy (non-hydrogen) atoms. The molecule has 1 aliphatic heterocycles. The molecular formula is C13H26N2O2. The summed E-state index contributed by atoms with van der Waals surface area (Å²) in [5.74, 6) is 0.406. The van der Waals surface area contributed by atoms with Crippen molar-refractivity contribution in [3.8, 4) is 0 Å². The van der Waals surface area contributed by atoms with Gasteiger partial charge >= 0.3 is 0 Å². The molecule has 1 aliphatic rings. The van der Waals surface area contributed by atoms with Crippen molar-refractivity contribution in [3.05, 3.63) is 0 Å². The molecule has 1 rings (SSSR count). The first kappa shape index (κ1) is 14.5. The molecule has 0 radical (unpaired) electrons. The molecule has 4 heteroatoms. The molecule has 1 heterocycles. The summed E-state index contributed by atoms with van der Waals surface area (Å²) in [5.41, 5.74) is -0.448. The third-order valence-electron chi connectivity index (χ3n) is 4.10. The Balaban J connectivity index is 2.63. The van der Waals surface area contributed by atoms with Crippen molar-refractivity contribution in [1.29, 1.82) is 0 Å². The summed E-state index contributed by atoms with van der Waals surface area (Å²) >= 11 is 0. The zero-order valence-corrected chi connectivity index (χ0v) is 11.3. The first-order valence-corrected chi connectivity index (χ1v) is 6.75. The lowest BCUT2D eigenvalue weighted by atomic mass is 9.89. The van der Waals surface area contributed by atoms with Crippen molar-refractivity contribution in [2.45, 2.75) is 58.0 Å². The predicted octanol–water partition coefficient (Wildman–Crippen LogP) is 1.04. The maximum Gasteiger partial charge on any atom is 0.237 e. The molecule has 0 aliphatic carbocycles. The number of aliphatic hydroxyl groups excluding tert-OH is 1. The van der Waals surface area contributed by atoms with Crippen molar-refractivity contribution in [3.63, 3.8) is 0 Å². The fraction of sp³-hybridized carbons (Fsp3) is 0.923. The summed E-state index contributed by atoms with van der Waals surface area (Å²) in [6, 6.07) is -0.104. The van der Waals surface area contributed by atoms with Crippen LogP contribution >= 0.6 is 0 Å². The standard InChI is InChI=1S/C13H26N2O2/c1-4-13(5-2,9-16)15-12(17)11-10(3)7-6-8-14-11/h10-11,14,16H,4-9H2,1-3H3,(H,15,17). The smallest absolute Gasteiger partial charge is 0.237 e. The van der Waals surface area contributed by atoms with Crippen LogP contribution in [0.1, 0.15) is 46.5 Å². The molecule has 1 amide bonds. The Bertz CT molecular complexity index is 244. The highest BCUT2D eigenvalue weighted by atomic mass is 16.3. The van der Waals surface area contributed by atoms with Crippen LogP contribution in [0.15, 0.2) is 0 Å². The molecule has 0 spiro atoms. The van der Waals surface area contributed by atoms with Crippen molar-refractivity contribution in [2.75, 3.05) is 13.2 Å². The van der Waals surface area contributed by atoms with Gasteiger partial charge in [-0.1, -0.05) is 20.8 Å². The largest absolute Gasteiger partial charge is 0.394 e. The number of hydrogen-bond acceptors (Lipinski definition) is 3. The number of carbonyl (C=O) groups excluding carboxylic acids is 1. The Labute approximate surface area is 104 Å². The number of nitrogens with one attached hydrogen (secondary N) is 2. The molecule has 2 atom stereocenters. The van der Waals surface area contributed by atoms with Crippen LogP contribution in [0, 0.1) is 5.92 Å². The van der Waals surface area contributed by atoms with Gasteiger partial charge in [0, 0.05) is 0 Å². The van der Waals surface area contributed by atoms with Crippen molar-refractivity contribution >= 4 is 5.91 Å². The van der Waals surface area contributed by atoms with Gasteiger partial charge < -0.3 is 15.7 Å². The number of hydrogen-bond donors (Lipinski definition) is 3. The maximum absolute atomic E-state index is 12.2. The van der Waals surface area contributed by atoms with E-state index in [1.807, 2.05) is 13.8 Å². The Hall–Kier alpha value is -0.610. The molecule has 2 unspecified atom stereocenters. The zero-order chi connectivity index (χ0) is 12.9. The van der Waals surface area contributed by atoms with Crippen LogP contribution < -0.4 is 10.6 Å². The summed E-state index contributed by atoms with van der Waals surface area (Å²) in [4.78, 5) is 12.2. The molecule has 4 nitrogen and oxygen atoms in total. The van der Waals surface area contributed by atoms with Crippen molar-refractivity contribution in [2.24, 2.45) is 5.92 Å². The number of piperidine rings is 1. The van der Waals surface area contributed by atoms with Crippen molar-refractivity contribution in [1.82, 2.24) is 10.6 Å². The maximum atomic E-state index is 12.2. The quantitative estimate of drug-likeness (QED) is 0.675. The van der Waals surface area contributed by atoms with Gasteiger partial charge in [-0.2, -0.15) is 0 Å². The molecule has 1 fully saturated rings. The Kier molecular flexibility index (Phi) is 5.40. The van der Waals surface area contributed by atoms with E-state index in [4.69, 9.17) is 0 Å². The minimum Gasteiger partial charge on any atom is -0.394 e. The Morgan fingerprint density at radius 3 is 2.59 bits per heavy atom. The van der Waals surface area contributed by atoms with Crippen LogP contribution in [0.4, 0.5) is 0 Å². The molecule has 3 N–H and O–H groups in total. The van der Waals surface area contributed by atoms with Crippen LogP contribution in [0.5, 0.6) is 0 Å². The van der Waals surface area contributed by atoms with Crippen LogP contribution in [0.25, 0.3) is 0 Å². The van der Waals surface area contributed by atoms with E-state index < -0.39 is 5.54 Å². The second kappa shape index (κ2) is 6.36. The average Bonchev–Trinajstić information content (AvgIpc) is 2.36. The highest BCUT2D eigenvalue weighted by Gasteiger charge is 2.33. The molecule has 0 saturated carbocycles. The van der Waals surface area contributed by atoms with E-state index in [2.05, 4.69) is 17.6 Å². The van der Waals surface area contributed by atoms with Gasteiger partial charge in [-0.25, -0.2) is 0 Å². The van der Waals surface area contributed by atoms with Crippen LogP contribution in [-0.2, 0) is 4.79 Å².